The highest BCUT2D eigenvalue weighted by molar-refractivity contribution is 7.93. The third kappa shape index (κ3) is 4.08. The number of ether oxygens (including phenoxy) is 2. The van der Waals surface area contributed by atoms with Crippen molar-refractivity contribution in [2.24, 2.45) is 0 Å². The molecule has 2 heterocycles. The van der Waals surface area contributed by atoms with Gasteiger partial charge in [0, 0.05) is 12.1 Å². The quantitative estimate of drug-likeness (QED) is 0.565. The van der Waals surface area contributed by atoms with Crippen molar-refractivity contribution in [3.05, 3.63) is 82.4 Å². The fraction of sp³-hybridized carbons (Fsp3) is 0.240. The molecular formula is C25H23ClN2O5S. The number of halogens is 1. The molecule has 5 rings (SSSR count). The van der Waals surface area contributed by atoms with E-state index in [1.807, 2.05) is 37.3 Å². The van der Waals surface area contributed by atoms with Crippen molar-refractivity contribution in [3.8, 4) is 11.5 Å². The van der Waals surface area contributed by atoms with Crippen LogP contribution in [0.5, 0.6) is 11.5 Å². The molecule has 0 bridgehead atoms. The Morgan fingerprint density at radius 3 is 2.62 bits per heavy atom. The minimum absolute atomic E-state index is 0.0702. The maximum Gasteiger partial charge on any atom is 0.265 e. The standard InChI is InChI=1S/C25H23ClN2O5S/c1-16(18-7-9-22-23(14-18)33-13-12-32-22)27-25(29)19-6-8-20(26)24(15-19)34(30,31)28-11-10-17-4-2-3-5-21(17)28/h2-9,14-16H,10-13H2,1H3,(H,27,29). The van der Waals surface area contributed by atoms with Crippen LogP contribution in [-0.2, 0) is 16.4 Å². The van der Waals surface area contributed by atoms with Gasteiger partial charge in [-0.25, -0.2) is 8.42 Å². The highest BCUT2D eigenvalue weighted by atomic mass is 35.5. The normalized spacial score (nSPS) is 15.5. The number of carbonyl (C=O) groups excluding carboxylic acids is 1. The molecule has 3 aromatic rings. The van der Waals surface area contributed by atoms with Crippen molar-refractivity contribution in [2.75, 3.05) is 24.1 Å². The van der Waals surface area contributed by atoms with E-state index in [9.17, 15) is 13.2 Å². The van der Waals surface area contributed by atoms with Crippen LogP contribution < -0.4 is 19.1 Å². The Morgan fingerprint density at radius 2 is 1.79 bits per heavy atom. The van der Waals surface area contributed by atoms with Crippen LogP contribution >= 0.6 is 11.6 Å². The second kappa shape index (κ2) is 8.85. The summed E-state index contributed by atoms with van der Waals surface area (Å²) in [6, 6.07) is 16.8. The molecular weight excluding hydrogens is 476 g/mol. The van der Waals surface area contributed by atoms with E-state index in [0.29, 0.717) is 43.4 Å². The smallest absolute Gasteiger partial charge is 0.265 e. The minimum Gasteiger partial charge on any atom is -0.486 e. The number of rotatable bonds is 5. The van der Waals surface area contributed by atoms with Crippen LogP contribution in [-0.4, -0.2) is 34.1 Å². The molecule has 0 aromatic heterocycles. The lowest BCUT2D eigenvalue weighted by Gasteiger charge is -2.22. The first-order chi connectivity index (χ1) is 16.3. The highest BCUT2D eigenvalue weighted by Gasteiger charge is 2.32. The van der Waals surface area contributed by atoms with Crippen LogP contribution in [0.15, 0.2) is 65.6 Å². The number of hydrogen-bond acceptors (Lipinski definition) is 5. The zero-order valence-corrected chi connectivity index (χ0v) is 20.0. The summed E-state index contributed by atoms with van der Waals surface area (Å²) in [6.45, 7) is 3.15. The summed E-state index contributed by atoms with van der Waals surface area (Å²) in [4.78, 5) is 12.9. The first-order valence-corrected chi connectivity index (χ1v) is 12.8. The Balaban J connectivity index is 1.39. The van der Waals surface area contributed by atoms with Gasteiger partial charge in [0.05, 0.1) is 16.8 Å². The monoisotopic (exact) mass is 498 g/mol. The van der Waals surface area contributed by atoms with Crippen molar-refractivity contribution < 1.29 is 22.7 Å². The van der Waals surface area contributed by atoms with Gasteiger partial charge >= 0.3 is 0 Å². The number of amides is 1. The van der Waals surface area contributed by atoms with Gasteiger partial charge in [-0.2, -0.15) is 0 Å². The Hall–Kier alpha value is -3.23. The molecule has 0 saturated carbocycles. The topological polar surface area (TPSA) is 84.9 Å². The number of nitrogens with zero attached hydrogens (tertiary/aromatic N) is 1. The van der Waals surface area contributed by atoms with Crippen LogP contribution in [0.25, 0.3) is 0 Å². The summed E-state index contributed by atoms with van der Waals surface area (Å²) < 4.78 is 39.4. The average molecular weight is 499 g/mol. The summed E-state index contributed by atoms with van der Waals surface area (Å²) >= 11 is 6.30. The molecule has 1 N–H and O–H groups in total. The molecule has 0 fully saturated rings. The Morgan fingerprint density at radius 1 is 1.03 bits per heavy atom. The van der Waals surface area contributed by atoms with E-state index in [2.05, 4.69) is 5.32 Å². The van der Waals surface area contributed by atoms with Crippen molar-refractivity contribution in [1.82, 2.24) is 5.32 Å². The van der Waals surface area contributed by atoms with Gasteiger partial charge in [0.1, 0.15) is 18.1 Å². The molecule has 1 amide bonds. The summed E-state index contributed by atoms with van der Waals surface area (Å²) in [7, 11) is -3.94. The SMILES string of the molecule is CC(NC(=O)c1ccc(Cl)c(S(=O)(=O)N2CCc3ccccc32)c1)c1ccc2c(c1)OCCO2. The fourth-order valence-electron chi connectivity index (χ4n) is 4.21. The van der Waals surface area contributed by atoms with Gasteiger partial charge in [0.15, 0.2) is 11.5 Å². The van der Waals surface area contributed by atoms with Crippen LogP contribution in [0.1, 0.15) is 34.5 Å². The first-order valence-electron chi connectivity index (χ1n) is 11.0. The number of sulfonamides is 1. The molecule has 2 aliphatic heterocycles. The molecule has 34 heavy (non-hydrogen) atoms. The Bertz CT molecular complexity index is 1380. The maximum absolute atomic E-state index is 13.5. The number of nitrogens with one attached hydrogen (secondary N) is 1. The van der Waals surface area contributed by atoms with Gasteiger partial charge in [0.2, 0.25) is 0 Å². The molecule has 7 nitrogen and oxygen atoms in total. The Kier molecular flexibility index (Phi) is 5.87. The lowest BCUT2D eigenvalue weighted by atomic mass is 10.1. The van der Waals surface area contributed by atoms with Crippen LogP contribution in [0.4, 0.5) is 5.69 Å². The second-order valence-corrected chi connectivity index (χ2v) is 10.4. The predicted molar refractivity (Wildman–Crippen MR) is 129 cm³/mol. The van der Waals surface area contributed by atoms with Gasteiger partial charge in [-0.3, -0.25) is 9.10 Å². The number of fused-ring (bicyclic) bond motifs is 2. The summed E-state index contributed by atoms with van der Waals surface area (Å²) in [5.41, 5.74) is 2.65. The van der Waals surface area contributed by atoms with E-state index in [1.54, 1.807) is 12.1 Å². The maximum atomic E-state index is 13.5. The third-order valence-corrected chi connectivity index (χ3v) is 8.31. The number of hydrogen-bond donors (Lipinski definition) is 1. The summed E-state index contributed by atoms with van der Waals surface area (Å²) in [6.07, 6.45) is 0.625. The lowest BCUT2D eigenvalue weighted by molar-refractivity contribution is 0.0939. The molecule has 0 saturated heterocycles. The third-order valence-electron chi connectivity index (χ3n) is 6.02. The molecule has 176 valence electrons. The van der Waals surface area contributed by atoms with E-state index in [0.717, 1.165) is 11.1 Å². The van der Waals surface area contributed by atoms with E-state index in [4.69, 9.17) is 21.1 Å². The van der Waals surface area contributed by atoms with E-state index in [1.165, 1.54) is 22.5 Å². The van der Waals surface area contributed by atoms with E-state index in [-0.39, 0.29) is 21.5 Å². The lowest BCUT2D eigenvalue weighted by Crippen LogP contribution is -2.30. The molecule has 3 aromatic carbocycles. The van der Waals surface area contributed by atoms with Gasteiger partial charge in [-0.05, 0) is 60.9 Å². The molecule has 2 aliphatic rings. The van der Waals surface area contributed by atoms with Crippen molar-refractivity contribution in [2.45, 2.75) is 24.3 Å². The van der Waals surface area contributed by atoms with Gasteiger partial charge < -0.3 is 14.8 Å². The van der Waals surface area contributed by atoms with Gasteiger partial charge in [0.25, 0.3) is 15.9 Å². The second-order valence-electron chi connectivity index (χ2n) is 8.20. The van der Waals surface area contributed by atoms with Crippen LogP contribution in [0.3, 0.4) is 0 Å². The largest absolute Gasteiger partial charge is 0.486 e. The van der Waals surface area contributed by atoms with Crippen LogP contribution in [0.2, 0.25) is 5.02 Å². The number of para-hydroxylation sites is 1. The average Bonchev–Trinajstić information content (AvgIpc) is 3.29. The first kappa shape index (κ1) is 22.6. The predicted octanol–water partition coefficient (Wildman–Crippen LogP) is 4.35. The highest BCUT2D eigenvalue weighted by Crippen LogP contribution is 2.36. The van der Waals surface area contributed by atoms with Crippen molar-refractivity contribution >= 4 is 33.2 Å². The minimum atomic E-state index is -3.94. The zero-order chi connectivity index (χ0) is 23.9. The molecule has 0 aliphatic carbocycles. The van der Waals surface area contributed by atoms with Gasteiger partial charge in [-0.15, -0.1) is 0 Å². The molecule has 0 spiro atoms. The number of benzene rings is 3. The van der Waals surface area contributed by atoms with Gasteiger partial charge in [-0.1, -0.05) is 35.9 Å². The Labute approximate surface area is 203 Å². The molecule has 1 unspecified atom stereocenters. The zero-order valence-electron chi connectivity index (χ0n) is 18.5. The van der Waals surface area contributed by atoms with E-state index < -0.39 is 15.9 Å². The van der Waals surface area contributed by atoms with Crippen molar-refractivity contribution in [1.29, 1.82) is 0 Å². The molecule has 0 radical (unpaired) electrons. The number of carbonyl (C=O) groups is 1. The molecule has 1 atom stereocenters. The number of anilines is 1. The fourth-order valence-corrected chi connectivity index (χ4v) is 6.22. The summed E-state index contributed by atoms with van der Waals surface area (Å²) in [5.74, 6) is 0.900. The van der Waals surface area contributed by atoms with E-state index >= 15 is 0 Å². The van der Waals surface area contributed by atoms with Crippen LogP contribution in [0, 0.1) is 0 Å². The summed E-state index contributed by atoms with van der Waals surface area (Å²) in [5, 5.41) is 2.99. The molecule has 9 heteroatoms. The van der Waals surface area contributed by atoms with Crippen molar-refractivity contribution in [3.63, 3.8) is 0 Å².